The molecule has 0 aliphatic heterocycles. The van der Waals surface area contributed by atoms with Crippen molar-refractivity contribution in [1.29, 1.82) is 0 Å². The molecule has 1 aromatic carbocycles. The summed E-state index contributed by atoms with van der Waals surface area (Å²) in [5.41, 5.74) is 1.22. The fourth-order valence-corrected chi connectivity index (χ4v) is 3.13. The molecule has 1 N–H and O–H groups in total. The van der Waals surface area contributed by atoms with E-state index in [1.54, 1.807) is 0 Å². The molecule has 5 nitrogen and oxygen atoms in total. The number of aromatic nitrogens is 2. The Hall–Kier alpha value is -3.10. The normalized spacial score (nSPS) is 14.2. The van der Waals surface area contributed by atoms with Crippen LogP contribution in [0.3, 0.4) is 0 Å². The average Bonchev–Trinajstić information content (AvgIpc) is 3.41. The van der Waals surface area contributed by atoms with Gasteiger partial charge in [-0.15, -0.1) is 13.2 Å². The van der Waals surface area contributed by atoms with Crippen molar-refractivity contribution in [2.45, 2.75) is 32.0 Å². The van der Waals surface area contributed by atoms with E-state index in [9.17, 15) is 22.4 Å². The second kappa shape index (κ2) is 7.38. The van der Waals surface area contributed by atoms with Crippen molar-refractivity contribution in [1.82, 2.24) is 9.38 Å². The number of nitrogens with one attached hydrogen (secondary N) is 1. The van der Waals surface area contributed by atoms with E-state index >= 15 is 0 Å². The number of hydrogen-bond donors (Lipinski definition) is 1. The van der Waals surface area contributed by atoms with Crippen molar-refractivity contribution in [2.75, 3.05) is 5.32 Å². The molecule has 29 heavy (non-hydrogen) atoms. The number of pyridine rings is 1. The fraction of sp³-hybridized carbons (Fsp3) is 0.300. The fourth-order valence-electron chi connectivity index (χ4n) is 3.13. The molecule has 3 aromatic rings. The number of benzene rings is 1. The highest BCUT2D eigenvalue weighted by atomic mass is 19.4. The van der Waals surface area contributed by atoms with Gasteiger partial charge >= 0.3 is 6.36 Å². The van der Waals surface area contributed by atoms with E-state index in [4.69, 9.17) is 0 Å². The molecule has 0 radical (unpaired) electrons. The second-order valence-electron chi connectivity index (χ2n) is 6.99. The molecule has 1 aliphatic carbocycles. The van der Waals surface area contributed by atoms with Crippen molar-refractivity contribution < 1.29 is 27.1 Å². The zero-order valence-corrected chi connectivity index (χ0v) is 15.2. The van der Waals surface area contributed by atoms with Gasteiger partial charge in [-0.25, -0.2) is 9.37 Å². The lowest BCUT2D eigenvalue weighted by Crippen LogP contribution is -2.17. The first-order chi connectivity index (χ1) is 13.8. The topological polar surface area (TPSA) is 55.6 Å². The molecule has 0 spiro atoms. The molecule has 4 rings (SSSR count). The Labute approximate surface area is 163 Å². The maximum atomic E-state index is 13.8. The van der Waals surface area contributed by atoms with Crippen molar-refractivity contribution in [3.05, 3.63) is 48.4 Å². The van der Waals surface area contributed by atoms with E-state index in [0.29, 0.717) is 29.2 Å². The van der Waals surface area contributed by atoms with E-state index < -0.39 is 12.2 Å². The van der Waals surface area contributed by atoms with Crippen LogP contribution >= 0.6 is 0 Å². The molecule has 2 heterocycles. The molecule has 0 unspecified atom stereocenters. The summed E-state index contributed by atoms with van der Waals surface area (Å²) in [4.78, 5) is 16.7. The maximum Gasteiger partial charge on any atom is 0.573 e. The van der Waals surface area contributed by atoms with E-state index in [0.717, 1.165) is 31.4 Å². The highest BCUT2D eigenvalue weighted by Gasteiger charge is 2.31. The Morgan fingerprint density at radius 2 is 1.90 bits per heavy atom. The first kappa shape index (κ1) is 19.2. The molecule has 1 aliphatic rings. The molecule has 9 heteroatoms. The number of carbonyl (C=O) groups is 1. The molecule has 0 bridgehead atoms. The van der Waals surface area contributed by atoms with Crippen LogP contribution in [-0.2, 0) is 4.79 Å². The van der Waals surface area contributed by atoms with E-state index in [1.165, 1.54) is 34.9 Å². The Kier molecular flexibility index (Phi) is 4.89. The third-order valence-corrected chi connectivity index (χ3v) is 4.68. The predicted octanol–water partition coefficient (Wildman–Crippen LogP) is 5.17. The summed E-state index contributed by atoms with van der Waals surface area (Å²) in [6.07, 6.45) is -0.166. The summed E-state index contributed by atoms with van der Waals surface area (Å²) in [6.45, 7) is 0. The number of carbonyl (C=O) groups excluding carboxylic acids is 1. The summed E-state index contributed by atoms with van der Waals surface area (Å²) in [6, 6.07) is 7.80. The SMILES string of the molecule is O=C(CCC1CC1)Nc1nc2ccc(F)cn2c1-c1ccc(OC(F)(F)F)cc1. The van der Waals surface area contributed by atoms with Crippen molar-refractivity contribution >= 4 is 17.4 Å². The predicted molar refractivity (Wildman–Crippen MR) is 97.9 cm³/mol. The van der Waals surface area contributed by atoms with Gasteiger partial charge in [-0.3, -0.25) is 9.20 Å². The van der Waals surface area contributed by atoms with Crippen LogP contribution < -0.4 is 10.1 Å². The Morgan fingerprint density at radius 1 is 1.17 bits per heavy atom. The lowest BCUT2D eigenvalue weighted by molar-refractivity contribution is -0.274. The van der Waals surface area contributed by atoms with Gasteiger partial charge in [-0.2, -0.15) is 0 Å². The van der Waals surface area contributed by atoms with Gasteiger partial charge in [-0.1, -0.05) is 12.8 Å². The molecule has 2 aromatic heterocycles. The Balaban J connectivity index is 1.67. The van der Waals surface area contributed by atoms with Gasteiger partial charge in [0.25, 0.3) is 0 Å². The van der Waals surface area contributed by atoms with Crippen LogP contribution in [-0.4, -0.2) is 21.7 Å². The number of amides is 1. The number of ether oxygens (including phenoxy) is 1. The monoisotopic (exact) mass is 407 g/mol. The van der Waals surface area contributed by atoms with Gasteiger partial charge in [0, 0.05) is 18.2 Å². The van der Waals surface area contributed by atoms with Crippen LogP contribution in [0, 0.1) is 11.7 Å². The van der Waals surface area contributed by atoms with E-state index in [1.807, 2.05) is 0 Å². The smallest absolute Gasteiger partial charge is 0.406 e. The molecule has 0 saturated heterocycles. The highest BCUT2D eigenvalue weighted by molar-refractivity contribution is 5.94. The minimum absolute atomic E-state index is 0.209. The van der Waals surface area contributed by atoms with Crippen molar-refractivity contribution in [2.24, 2.45) is 5.92 Å². The van der Waals surface area contributed by atoms with E-state index in [2.05, 4.69) is 15.0 Å². The number of rotatable bonds is 6. The Bertz CT molecular complexity index is 1040. The minimum Gasteiger partial charge on any atom is -0.406 e. The Morgan fingerprint density at radius 3 is 2.55 bits per heavy atom. The molecule has 1 amide bonds. The highest BCUT2D eigenvalue weighted by Crippen LogP contribution is 2.34. The van der Waals surface area contributed by atoms with Crippen molar-refractivity contribution in [3.63, 3.8) is 0 Å². The summed E-state index contributed by atoms with van der Waals surface area (Å²) in [7, 11) is 0. The molecular weight excluding hydrogens is 390 g/mol. The summed E-state index contributed by atoms with van der Waals surface area (Å²) < 4.78 is 56.3. The zero-order valence-electron chi connectivity index (χ0n) is 15.2. The first-order valence-corrected chi connectivity index (χ1v) is 9.12. The van der Waals surface area contributed by atoms with Gasteiger partial charge in [0.2, 0.25) is 5.91 Å². The maximum absolute atomic E-state index is 13.8. The zero-order chi connectivity index (χ0) is 20.6. The van der Waals surface area contributed by atoms with Gasteiger partial charge in [-0.05, 0) is 48.7 Å². The number of nitrogens with zero attached hydrogens (tertiary/aromatic N) is 2. The number of imidazole rings is 1. The van der Waals surface area contributed by atoms with Crippen LogP contribution in [0.4, 0.5) is 23.4 Å². The van der Waals surface area contributed by atoms with Crippen LogP contribution in [0.5, 0.6) is 5.75 Å². The van der Waals surface area contributed by atoms with Crippen LogP contribution in [0.15, 0.2) is 42.6 Å². The summed E-state index contributed by atoms with van der Waals surface area (Å²) in [5.74, 6) is -0.285. The van der Waals surface area contributed by atoms with Crippen LogP contribution in [0.25, 0.3) is 16.9 Å². The lowest BCUT2D eigenvalue weighted by Gasteiger charge is -2.10. The first-order valence-electron chi connectivity index (χ1n) is 9.12. The lowest BCUT2D eigenvalue weighted by atomic mass is 10.1. The molecule has 1 saturated carbocycles. The van der Waals surface area contributed by atoms with Gasteiger partial charge < -0.3 is 10.1 Å². The van der Waals surface area contributed by atoms with Gasteiger partial charge in [0.1, 0.15) is 17.2 Å². The minimum atomic E-state index is -4.80. The van der Waals surface area contributed by atoms with Gasteiger partial charge in [0.05, 0.1) is 5.69 Å². The number of halogens is 4. The summed E-state index contributed by atoms with van der Waals surface area (Å²) in [5, 5.41) is 2.75. The largest absolute Gasteiger partial charge is 0.573 e. The quantitative estimate of drug-likeness (QED) is 0.574. The van der Waals surface area contributed by atoms with Crippen LogP contribution in [0.2, 0.25) is 0 Å². The molecule has 0 atom stereocenters. The summed E-state index contributed by atoms with van der Waals surface area (Å²) >= 11 is 0. The van der Waals surface area contributed by atoms with E-state index in [-0.39, 0.29) is 17.5 Å². The third-order valence-electron chi connectivity index (χ3n) is 4.68. The molecule has 1 fully saturated rings. The average molecular weight is 407 g/mol. The number of fused-ring (bicyclic) bond motifs is 1. The number of anilines is 1. The third kappa shape index (κ3) is 4.67. The number of hydrogen-bond acceptors (Lipinski definition) is 3. The standard InChI is InChI=1S/C20H17F4N3O2/c21-14-6-9-16-25-19(26-17(28)10-3-12-1-2-12)18(27(16)11-14)13-4-7-15(8-5-13)29-20(22,23)24/h4-9,11-12H,1-3,10H2,(H,26,28). The van der Waals surface area contributed by atoms with Gasteiger partial charge in [0.15, 0.2) is 5.82 Å². The second-order valence-corrected chi connectivity index (χ2v) is 6.99. The molecule has 152 valence electrons. The van der Waals surface area contributed by atoms with Crippen LogP contribution in [0.1, 0.15) is 25.7 Å². The molecular formula is C20H17F4N3O2. The van der Waals surface area contributed by atoms with Crippen molar-refractivity contribution in [3.8, 4) is 17.0 Å². The number of alkyl halides is 3.